The molecule has 9 atom stereocenters. The molecule has 6 N–H and O–H groups in total. The van der Waals surface area contributed by atoms with Crippen molar-refractivity contribution in [2.24, 2.45) is 0 Å². The largest absolute Gasteiger partial charge is 0.348 e. The van der Waals surface area contributed by atoms with Crippen LogP contribution in [-0.4, -0.2) is 85.9 Å². The molecule has 0 fully saturated rings. The number of para-hydroxylation sites is 2. The van der Waals surface area contributed by atoms with Gasteiger partial charge in [0.1, 0.15) is 18.1 Å². The number of amides is 5. The molecular weight excluding hydrogens is 829 g/mol. The molecule has 0 aliphatic carbocycles. The van der Waals surface area contributed by atoms with Crippen molar-refractivity contribution >= 4 is 40.9 Å². The number of likely N-dealkylation sites (N-methyl/N-ethyl adjacent to an activating group) is 2. The van der Waals surface area contributed by atoms with Gasteiger partial charge in [-0.1, -0.05) is 109 Å². The topological polar surface area (TPSA) is 164 Å². The van der Waals surface area contributed by atoms with E-state index in [1.165, 1.54) is 4.90 Å². The standard InChI is InChI=1S/C53H62N8O5/c1-34(39-22-12-10-13-23-39)56-36(3)47-32-41-26-18-20-30-45(41)60(47)52(65)43(58-49(62)37(4)54-6)28-16-8-9-17-29-44(59-50(63)38(5)55-7)53(66)61-46-31-21-19-27-42(46)33-48(61)51(64)57-35(2)40-24-14-11-15-25-40/h10-15,18-27,30-31,34-38,43-44,47-48,54-56H,28-29,32-33H2,1-7H3,(H,57,64)(H,58,62)(H,59,63)/t34-,35-,36?,37+,38+,43+,44+,47+,48+/m1/s1. The first-order valence-corrected chi connectivity index (χ1v) is 22.7. The van der Waals surface area contributed by atoms with Crippen LogP contribution in [0.4, 0.5) is 11.4 Å². The van der Waals surface area contributed by atoms with Gasteiger partial charge in [-0.15, -0.1) is 0 Å². The van der Waals surface area contributed by atoms with Crippen molar-refractivity contribution in [1.82, 2.24) is 31.9 Å². The van der Waals surface area contributed by atoms with Crippen LogP contribution in [0.1, 0.15) is 81.8 Å². The molecule has 0 radical (unpaired) electrons. The second-order valence-corrected chi connectivity index (χ2v) is 17.0. The third-order valence-electron chi connectivity index (χ3n) is 12.5. The number of hydrogen-bond acceptors (Lipinski definition) is 8. The number of carbonyl (C=O) groups excluding carboxylic acids is 5. The Kier molecular flexibility index (Phi) is 16.9. The molecule has 13 heteroatoms. The number of nitrogens with zero attached hydrogens (tertiary/aromatic N) is 2. The highest BCUT2D eigenvalue weighted by Gasteiger charge is 2.42. The average molecular weight is 891 g/mol. The van der Waals surface area contributed by atoms with Crippen LogP contribution in [0.15, 0.2) is 109 Å². The Morgan fingerprint density at radius 2 is 1.00 bits per heavy atom. The van der Waals surface area contributed by atoms with E-state index in [9.17, 15) is 24.0 Å². The summed E-state index contributed by atoms with van der Waals surface area (Å²) in [7, 11) is 3.32. The lowest BCUT2D eigenvalue weighted by atomic mass is 10.0. The minimum Gasteiger partial charge on any atom is -0.348 e. The van der Waals surface area contributed by atoms with Crippen molar-refractivity contribution < 1.29 is 24.0 Å². The van der Waals surface area contributed by atoms with E-state index in [1.54, 1.807) is 38.9 Å². The lowest BCUT2D eigenvalue weighted by Gasteiger charge is -2.34. The van der Waals surface area contributed by atoms with Gasteiger partial charge in [-0.2, -0.15) is 0 Å². The Morgan fingerprint density at radius 3 is 1.52 bits per heavy atom. The predicted octanol–water partition coefficient (Wildman–Crippen LogP) is 4.49. The molecule has 4 aromatic rings. The van der Waals surface area contributed by atoms with E-state index in [1.807, 2.05) is 97.9 Å². The summed E-state index contributed by atoms with van der Waals surface area (Å²) in [5.74, 6) is 9.74. The molecular formula is C53H62N8O5. The SMILES string of the molecule is CN[C@@H](C)C(=O)N[C@@H](CC#CC#CC[C@H](NC(=O)[C@H](C)NC)C(=O)N1c2ccccc2C[C@H]1C(C)N[C@H](C)c1ccccc1)C(=O)N1c2ccccc2C[C@H]1C(=O)N[C@H](C)c1ccccc1. The van der Waals surface area contributed by atoms with E-state index in [4.69, 9.17) is 0 Å². The van der Waals surface area contributed by atoms with Gasteiger partial charge in [0.05, 0.1) is 24.2 Å². The van der Waals surface area contributed by atoms with E-state index in [0.717, 1.165) is 27.9 Å². The van der Waals surface area contributed by atoms with Crippen LogP contribution >= 0.6 is 0 Å². The Morgan fingerprint density at radius 1 is 0.561 bits per heavy atom. The van der Waals surface area contributed by atoms with E-state index < -0.39 is 42.0 Å². The Balaban J connectivity index is 1.23. The zero-order valence-electron chi connectivity index (χ0n) is 38.9. The summed E-state index contributed by atoms with van der Waals surface area (Å²) in [6, 6.07) is 30.1. The highest BCUT2D eigenvalue weighted by atomic mass is 16.2. The molecule has 2 aliphatic heterocycles. The molecule has 13 nitrogen and oxygen atoms in total. The lowest BCUT2D eigenvalue weighted by Crippen LogP contribution is -2.57. The zero-order valence-corrected chi connectivity index (χ0v) is 38.9. The van der Waals surface area contributed by atoms with E-state index in [2.05, 4.69) is 81.6 Å². The van der Waals surface area contributed by atoms with Crippen molar-refractivity contribution in [2.75, 3.05) is 23.9 Å². The molecule has 6 rings (SSSR count). The van der Waals surface area contributed by atoms with Gasteiger partial charge in [-0.25, -0.2) is 0 Å². The second-order valence-electron chi connectivity index (χ2n) is 17.0. The first kappa shape index (κ1) is 48.7. The van der Waals surface area contributed by atoms with Crippen molar-refractivity contribution in [3.8, 4) is 23.7 Å². The van der Waals surface area contributed by atoms with Crippen LogP contribution in [0.5, 0.6) is 0 Å². The van der Waals surface area contributed by atoms with Crippen LogP contribution in [0.25, 0.3) is 0 Å². The number of anilines is 2. The molecule has 0 spiro atoms. The number of rotatable bonds is 17. The quantitative estimate of drug-likeness (QED) is 0.0846. The summed E-state index contributed by atoms with van der Waals surface area (Å²) >= 11 is 0. The van der Waals surface area contributed by atoms with Crippen molar-refractivity contribution in [3.05, 3.63) is 131 Å². The summed E-state index contributed by atoms with van der Waals surface area (Å²) in [4.78, 5) is 73.2. The molecule has 0 saturated carbocycles. The van der Waals surface area contributed by atoms with Crippen molar-refractivity contribution in [2.45, 2.75) is 115 Å². The van der Waals surface area contributed by atoms with Crippen LogP contribution in [-0.2, 0) is 36.8 Å². The van der Waals surface area contributed by atoms with Gasteiger partial charge < -0.3 is 36.8 Å². The minimum atomic E-state index is -1.13. The summed E-state index contributed by atoms with van der Waals surface area (Å²) in [6.07, 6.45) is 0.786. The first-order valence-electron chi connectivity index (χ1n) is 22.7. The van der Waals surface area contributed by atoms with Crippen molar-refractivity contribution in [3.63, 3.8) is 0 Å². The van der Waals surface area contributed by atoms with Crippen LogP contribution < -0.4 is 41.7 Å². The molecule has 2 aliphatic rings. The number of hydrogen-bond donors (Lipinski definition) is 6. The molecule has 0 bridgehead atoms. The first-order chi connectivity index (χ1) is 31.8. The maximum atomic E-state index is 14.8. The average Bonchev–Trinajstić information content (AvgIpc) is 3.93. The number of nitrogens with one attached hydrogen (secondary N) is 6. The van der Waals surface area contributed by atoms with E-state index >= 15 is 0 Å². The number of benzene rings is 4. The molecule has 1 unspecified atom stereocenters. The molecule has 66 heavy (non-hydrogen) atoms. The van der Waals surface area contributed by atoms with Crippen LogP contribution in [0.3, 0.4) is 0 Å². The fourth-order valence-electron chi connectivity index (χ4n) is 8.43. The highest BCUT2D eigenvalue weighted by Crippen LogP contribution is 2.36. The molecule has 4 aromatic carbocycles. The predicted molar refractivity (Wildman–Crippen MR) is 259 cm³/mol. The Hall–Kier alpha value is -6.77. The van der Waals surface area contributed by atoms with E-state index in [0.29, 0.717) is 18.5 Å². The third-order valence-corrected chi connectivity index (χ3v) is 12.5. The molecule has 2 heterocycles. The highest BCUT2D eigenvalue weighted by molar-refractivity contribution is 6.07. The second kappa shape index (κ2) is 22.9. The fourth-order valence-corrected chi connectivity index (χ4v) is 8.43. The normalized spacial score (nSPS) is 18.0. The van der Waals surface area contributed by atoms with Gasteiger partial charge >= 0.3 is 0 Å². The molecule has 344 valence electrons. The van der Waals surface area contributed by atoms with Crippen LogP contribution in [0, 0.1) is 23.7 Å². The molecule has 5 amide bonds. The maximum absolute atomic E-state index is 14.8. The van der Waals surface area contributed by atoms with Gasteiger partial charge in [-0.3, -0.25) is 28.9 Å². The van der Waals surface area contributed by atoms with Crippen LogP contribution in [0.2, 0.25) is 0 Å². The minimum absolute atomic E-state index is 0.0223. The zero-order chi connectivity index (χ0) is 47.3. The maximum Gasteiger partial charge on any atom is 0.251 e. The summed E-state index contributed by atoms with van der Waals surface area (Å²) in [5.41, 5.74) is 5.31. The summed E-state index contributed by atoms with van der Waals surface area (Å²) in [5, 5.41) is 18.4. The Labute approximate surface area is 389 Å². The van der Waals surface area contributed by atoms with Gasteiger partial charge in [-0.05, 0) is 101 Å². The summed E-state index contributed by atoms with van der Waals surface area (Å²) < 4.78 is 0. The molecule has 0 aromatic heterocycles. The van der Waals surface area contributed by atoms with Gasteiger partial charge in [0.2, 0.25) is 17.7 Å². The summed E-state index contributed by atoms with van der Waals surface area (Å²) in [6.45, 7) is 9.46. The van der Waals surface area contributed by atoms with Gasteiger partial charge in [0, 0.05) is 42.7 Å². The molecule has 0 saturated heterocycles. The van der Waals surface area contributed by atoms with Crippen molar-refractivity contribution in [1.29, 1.82) is 0 Å². The smallest absolute Gasteiger partial charge is 0.251 e. The Bertz CT molecular complexity index is 2480. The number of carbonyl (C=O) groups is 5. The third kappa shape index (κ3) is 11.7. The van der Waals surface area contributed by atoms with Gasteiger partial charge in [0.15, 0.2) is 0 Å². The van der Waals surface area contributed by atoms with Gasteiger partial charge in [0.25, 0.3) is 11.8 Å². The fraction of sp³-hybridized carbons (Fsp3) is 0.377. The number of fused-ring (bicyclic) bond motifs is 2. The monoisotopic (exact) mass is 890 g/mol. The van der Waals surface area contributed by atoms with E-state index in [-0.39, 0.29) is 54.7 Å². The lowest BCUT2D eigenvalue weighted by molar-refractivity contribution is -0.130.